The Balaban J connectivity index is 1.68. The van der Waals surface area contributed by atoms with E-state index < -0.39 is 0 Å². The molecular weight excluding hydrogens is 244 g/mol. The first-order valence-electron chi connectivity index (χ1n) is 6.60. The largest absolute Gasteiger partial charge is 0.444 e. The van der Waals surface area contributed by atoms with Gasteiger partial charge in [-0.25, -0.2) is 4.98 Å². The summed E-state index contributed by atoms with van der Waals surface area (Å²) in [4.78, 5) is 11.0. The van der Waals surface area contributed by atoms with E-state index >= 15 is 0 Å². The maximum Gasteiger partial charge on any atom is 0.231 e. The molecule has 1 fully saturated rings. The van der Waals surface area contributed by atoms with Crippen molar-refractivity contribution in [3.8, 4) is 0 Å². The van der Waals surface area contributed by atoms with Gasteiger partial charge in [0, 0.05) is 6.54 Å². The average molecular weight is 262 g/mol. The molecule has 0 bridgehead atoms. The van der Waals surface area contributed by atoms with E-state index in [1.165, 1.54) is 0 Å². The summed E-state index contributed by atoms with van der Waals surface area (Å²) in [6.07, 6.45) is 2.80. The Hall–Kier alpha value is -1.69. The SMILES string of the molecule is Cc1noc(C2CCN(C(C)c3ncc(C)o3)C2)n1. The lowest BCUT2D eigenvalue weighted by atomic mass is 10.1. The molecule has 0 spiro atoms. The van der Waals surface area contributed by atoms with Crippen LogP contribution in [-0.2, 0) is 0 Å². The Morgan fingerprint density at radius 2 is 2.26 bits per heavy atom. The van der Waals surface area contributed by atoms with Gasteiger partial charge in [0.1, 0.15) is 5.76 Å². The molecular formula is C13H18N4O2. The number of hydrogen-bond acceptors (Lipinski definition) is 6. The highest BCUT2D eigenvalue weighted by molar-refractivity contribution is 5.02. The summed E-state index contributed by atoms with van der Waals surface area (Å²) in [6, 6.07) is 0.183. The van der Waals surface area contributed by atoms with Crippen molar-refractivity contribution in [2.45, 2.75) is 39.2 Å². The van der Waals surface area contributed by atoms with Gasteiger partial charge in [0.15, 0.2) is 5.82 Å². The lowest BCUT2D eigenvalue weighted by Crippen LogP contribution is -2.24. The van der Waals surface area contributed by atoms with Crippen molar-refractivity contribution in [1.82, 2.24) is 20.0 Å². The highest BCUT2D eigenvalue weighted by atomic mass is 16.5. The van der Waals surface area contributed by atoms with Crippen LogP contribution in [0, 0.1) is 13.8 Å². The zero-order chi connectivity index (χ0) is 13.4. The molecule has 3 rings (SSSR count). The number of nitrogens with zero attached hydrogens (tertiary/aromatic N) is 4. The second-order valence-corrected chi connectivity index (χ2v) is 5.15. The van der Waals surface area contributed by atoms with E-state index in [0.717, 1.165) is 37.1 Å². The lowest BCUT2D eigenvalue weighted by molar-refractivity contribution is 0.216. The van der Waals surface area contributed by atoms with Crippen molar-refractivity contribution < 1.29 is 8.94 Å². The van der Waals surface area contributed by atoms with E-state index in [9.17, 15) is 0 Å². The highest BCUT2D eigenvalue weighted by Gasteiger charge is 2.32. The Labute approximate surface area is 111 Å². The third kappa shape index (κ3) is 2.40. The van der Waals surface area contributed by atoms with Gasteiger partial charge in [-0.05, 0) is 33.7 Å². The molecule has 1 aliphatic heterocycles. The number of rotatable bonds is 3. The van der Waals surface area contributed by atoms with Gasteiger partial charge in [0.05, 0.1) is 18.2 Å². The smallest absolute Gasteiger partial charge is 0.231 e. The molecule has 0 radical (unpaired) electrons. The number of hydrogen-bond donors (Lipinski definition) is 0. The van der Waals surface area contributed by atoms with Crippen LogP contribution in [0.15, 0.2) is 15.1 Å². The number of aryl methyl sites for hydroxylation is 2. The summed E-state index contributed by atoms with van der Waals surface area (Å²) < 4.78 is 10.9. The molecule has 6 nitrogen and oxygen atoms in total. The van der Waals surface area contributed by atoms with Gasteiger partial charge in [-0.1, -0.05) is 5.16 Å². The fourth-order valence-corrected chi connectivity index (χ4v) is 2.54. The van der Waals surface area contributed by atoms with Gasteiger partial charge < -0.3 is 8.94 Å². The Morgan fingerprint density at radius 3 is 2.89 bits per heavy atom. The van der Waals surface area contributed by atoms with E-state index in [4.69, 9.17) is 8.94 Å². The maximum atomic E-state index is 5.60. The second-order valence-electron chi connectivity index (χ2n) is 5.15. The molecule has 1 saturated heterocycles. The van der Waals surface area contributed by atoms with Crippen LogP contribution in [0.3, 0.4) is 0 Å². The van der Waals surface area contributed by atoms with Crippen LogP contribution in [0.4, 0.5) is 0 Å². The molecule has 0 aromatic carbocycles. The first-order valence-corrected chi connectivity index (χ1v) is 6.60. The van der Waals surface area contributed by atoms with E-state index in [1.807, 2.05) is 13.8 Å². The van der Waals surface area contributed by atoms with Crippen molar-refractivity contribution in [2.75, 3.05) is 13.1 Å². The van der Waals surface area contributed by atoms with Crippen molar-refractivity contribution in [3.63, 3.8) is 0 Å². The Morgan fingerprint density at radius 1 is 1.42 bits per heavy atom. The highest BCUT2D eigenvalue weighted by Crippen LogP contribution is 2.31. The van der Waals surface area contributed by atoms with Crippen LogP contribution in [0.2, 0.25) is 0 Å². The molecule has 1 aliphatic rings. The molecule has 3 heterocycles. The topological polar surface area (TPSA) is 68.2 Å². The molecule has 2 aromatic rings. The van der Waals surface area contributed by atoms with Crippen molar-refractivity contribution in [2.24, 2.45) is 0 Å². The zero-order valence-corrected chi connectivity index (χ0v) is 11.5. The minimum atomic E-state index is 0.183. The van der Waals surface area contributed by atoms with E-state index in [1.54, 1.807) is 6.20 Å². The molecule has 2 atom stereocenters. The van der Waals surface area contributed by atoms with Crippen LogP contribution in [0.5, 0.6) is 0 Å². The van der Waals surface area contributed by atoms with Crippen molar-refractivity contribution in [1.29, 1.82) is 0 Å². The number of oxazole rings is 1. The summed E-state index contributed by atoms with van der Waals surface area (Å²) in [5, 5.41) is 3.86. The molecule has 0 aliphatic carbocycles. The zero-order valence-electron chi connectivity index (χ0n) is 11.5. The Kier molecular flexibility index (Phi) is 3.10. The van der Waals surface area contributed by atoms with E-state index in [2.05, 4.69) is 26.9 Å². The van der Waals surface area contributed by atoms with Crippen LogP contribution >= 0.6 is 0 Å². The van der Waals surface area contributed by atoms with Crippen LogP contribution in [0.1, 0.15) is 48.7 Å². The summed E-state index contributed by atoms with van der Waals surface area (Å²) in [7, 11) is 0. The quantitative estimate of drug-likeness (QED) is 0.844. The van der Waals surface area contributed by atoms with Crippen molar-refractivity contribution in [3.05, 3.63) is 29.6 Å². The summed E-state index contributed by atoms with van der Waals surface area (Å²) >= 11 is 0. The maximum absolute atomic E-state index is 5.60. The summed E-state index contributed by atoms with van der Waals surface area (Å²) in [6.45, 7) is 7.78. The predicted molar refractivity (Wildman–Crippen MR) is 67.6 cm³/mol. The van der Waals surface area contributed by atoms with Crippen LogP contribution in [-0.4, -0.2) is 33.1 Å². The molecule has 2 aromatic heterocycles. The van der Waals surface area contributed by atoms with E-state index in [-0.39, 0.29) is 6.04 Å². The minimum absolute atomic E-state index is 0.183. The molecule has 19 heavy (non-hydrogen) atoms. The monoisotopic (exact) mass is 262 g/mol. The first kappa shape index (κ1) is 12.3. The van der Waals surface area contributed by atoms with Gasteiger partial charge in [-0.3, -0.25) is 4.90 Å². The lowest BCUT2D eigenvalue weighted by Gasteiger charge is -2.20. The minimum Gasteiger partial charge on any atom is -0.444 e. The van der Waals surface area contributed by atoms with Gasteiger partial charge in [-0.15, -0.1) is 0 Å². The standard InChI is InChI=1S/C13H18N4O2/c1-8-6-14-12(18-8)9(2)17-5-4-11(7-17)13-15-10(3)16-19-13/h6,9,11H,4-5,7H2,1-3H3. The fraction of sp³-hybridized carbons (Fsp3) is 0.615. The summed E-state index contributed by atoms with van der Waals surface area (Å²) in [5.41, 5.74) is 0. The van der Waals surface area contributed by atoms with Crippen LogP contribution in [0.25, 0.3) is 0 Å². The molecule has 2 unspecified atom stereocenters. The van der Waals surface area contributed by atoms with Gasteiger partial charge in [0.25, 0.3) is 0 Å². The normalized spacial score (nSPS) is 21.9. The third-order valence-electron chi connectivity index (χ3n) is 3.66. The molecule has 0 saturated carbocycles. The number of likely N-dealkylation sites (tertiary alicyclic amines) is 1. The molecule has 0 N–H and O–H groups in total. The Bertz CT molecular complexity index is 562. The van der Waals surface area contributed by atoms with E-state index in [0.29, 0.717) is 11.7 Å². The number of aromatic nitrogens is 3. The second kappa shape index (κ2) is 4.77. The van der Waals surface area contributed by atoms with Gasteiger partial charge >= 0.3 is 0 Å². The predicted octanol–water partition coefficient (Wildman–Crippen LogP) is 2.22. The van der Waals surface area contributed by atoms with Gasteiger partial charge in [0.2, 0.25) is 11.8 Å². The van der Waals surface area contributed by atoms with Gasteiger partial charge in [-0.2, -0.15) is 4.98 Å². The molecule has 102 valence electrons. The molecule has 6 heteroatoms. The van der Waals surface area contributed by atoms with Crippen molar-refractivity contribution >= 4 is 0 Å². The van der Waals surface area contributed by atoms with Crippen LogP contribution < -0.4 is 0 Å². The fourth-order valence-electron chi connectivity index (χ4n) is 2.54. The first-order chi connectivity index (χ1) is 9.13. The molecule has 0 amide bonds. The third-order valence-corrected chi connectivity index (χ3v) is 3.66. The average Bonchev–Trinajstić information content (AvgIpc) is 3.07. The summed E-state index contributed by atoms with van der Waals surface area (Å²) in [5.74, 6) is 3.39.